The fraction of sp³-hybridized carbons (Fsp3) is 0.533. The summed E-state index contributed by atoms with van der Waals surface area (Å²) in [5.74, 6) is 0. The van der Waals surface area contributed by atoms with E-state index < -0.39 is 0 Å². The van der Waals surface area contributed by atoms with Crippen LogP contribution in [0.4, 0.5) is 0 Å². The van der Waals surface area contributed by atoms with E-state index in [1.165, 1.54) is 22.5 Å². The first kappa shape index (κ1) is 13.2. The molecule has 0 saturated carbocycles. The van der Waals surface area contributed by atoms with Crippen LogP contribution in [0, 0.1) is 0 Å². The molecule has 2 aromatic heterocycles. The SMILES string of the molecule is CCc1ncnc2c1CCN(Cc1cnn(C)c1)CC2. The van der Waals surface area contributed by atoms with E-state index in [0.717, 1.165) is 38.9 Å². The van der Waals surface area contributed by atoms with E-state index in [-0.39, 0.29) is 0 Å². The molecule has 0 atom stereocenters. The largest absolute Gasteiger partial charge is 0.298 e. The van der Waals surface area contributed by atoms with Crippen molar-refractivity contribution in [3.05, 3.63) is 41.2 Å². The molecule has 3 rings (SSSR count). The lowest BCUT2D eigenvalue weighted by molar-refractivity contribution is 0.279. The van der Waals surface area contributed by atoms with Crippen LogP contribution in [0.2, 0.25) is 0 Å². The highest BCUT2D eigenvalue weighted by Crippen LogP contribution is 2.18. The number of nitrogens with zero attached hydrogens (tertiary/aromatic N) is 5. The van der Waals surface area contributed by atoms with Gasteiger partial charge in [-0.05, 0) is 18.4 Å². The Labute approximate surface area is 119 Å². The molecule has 0 saturated heterocycles. The monoisotopic (exact) mass is 271 g/mol. The topological polar surface area (TPSA) is 46.8 Å². The molecule has 0 N–H and O–H groups in total. The predicted octanol–water partition coefficient (Wildman–Crippen LogP) is 1.37. The Hall–Kier alpha value is -1.75. The highest BCUT2D eigenvalue weighted by Gasteiger charge is 2.18. The van der Waals surface area contributed by atoms with Crippen molar-refractivity contribution in [3.8, 4) is 0 Å². The van der Waals surface area contributed by atoms with Crippen LogP contribution in [0.1, 0.15) is 29.4 Å². The van der Waals surface area contributed by atoms with Gasteiger partial charge in [-0.15, -0.1) is 0 Å². The van der Waals surface area contributed by atoms with Gasteiger partial charge in [-0.3, -0.25) is 9.58 Å². The van der Waals surface area contributed by atoms with Crippen molar-refractivity contribution in [2.24, 2.45) is 7.05 Å². The minimum atomic E-state index is 0.969. The lowest BCUT2D eigenvalue weighted by Crippen LogP contribution is -2.25. The molecule has 5 nitrogen and oxygen atoms in total. The molecule has 0 unspecified atom stereocenters. The lowest BCUT2D eigenvalue weighted by Gasteiger charge is -2.18. The Morgan fingerprint density at radius 2 is 2.05 bits per heavy atom. The average molecular weight is 271 g/mol. The summed E-state index contributed by atoms with van der Waals surface area (Å²) in [7, 11) is 1.96. The third kappa shape index (κ3) is 2.72. The summed E-state index contributed by atoms with van der Waals surface area (Å²) in [6.45, 7) is 5.27. The van der Waals surface area contributed by atoms with E-state index >= 15 is 0 Å². The Kier molecular flexibility index (Phi) is 3.78. The third-order valence-electron chi connectivity index (χ3n) is 3.97. The summed E-state index contributed by atoms with van der Waals surface area (Å²) in [4.78, 5) is 11.4. The highest BCUT2D eigenvalue weighted by molar-refractivity contribution is 5.26. The van der Waals surface area contributed by atoms with Crippen LogP contribution in [0.3, 0.4) is 0 Å². The molecule has 1 aliphatic rings. The second-order valence-electron chi connectivity index (χ2n) is 5.40. The molecule has 0 fully saturated rings. The third-order valence-corrected chi connectivity index (χ3v) is 3.97. The normalized spacial score (nSPS) is 15.9. The molecule has 20 heavy (non-hydrogen) atoms. The summed E-state index contributed by atoms with van der Waals surface area (Å²) >= 11 is 0. The highest BCUT2D eigenvalue weighted by atomic mass is 15.2. The molecule has 2 aromatic rings. The van der Waals surface area contributed by atoms with Crippen LogP contribution in [0.25, 0.3) is 0 Å². The minimum Gasteiger partial charge on any atom is -0.298 e. The summed E-state index contributed by atoms with van der Waals surface area (Å²) < 4.78 is 1.86. The number of hydrogen-bond acceptors (Lipinski definition) is 4. The van der Waals surface area contributed by atoms with Crippen LogP contribution in [0.15, 0.2) is 18.7 Å². The maximum atomic E-state index is 4.48. The fourth-order valence-electron chi connectivity index (χ4n) is 2.91. The maximum absolute atomic E-state index is 4.48. The van der Waals surface area contributed by atoms with Crippen molar-refractivity contribution in [1.82, 2.24) is 24.6 Å². The molecule has 106 valence electrons. The van der Waals surface area contributed by atoms with Crippen LogP contribution < -0.4 is 0 Å². The van der Waals surface area contributed by atoms with Gasteiger partial charge in [-0.2, -0.15) is 5.10 Å². The molecule has 3 heterocycles. The number of fused-ring (bicyclic) bond motifs is 1. The fourth-order valence-corrected chi connectivity index (χ4v) is 2.91. The van der Waals surface area contributed by atoms with Gasteiger partial charge >= 0.3 is 0 Å². The molecular formula is C15H21N5. The van der Waals surface area contributed by atoms with Crippen molar-refractivity contribution in [2.75, 3.05) is 13.1 Å². The Bertz CT molecular complexity index is 590. The van der Waals surface area contributed by atoms with Crippen LogP contribution >= 0.6 is 0 Å². The van der Waals surface area contributed by atoms with Gasteiger partial charge in [-0.25, -0.2) is 9.97 Å². The van der Waals surface area contributed by atoms with Gasteiger partial charge in [0.15, 0.2) is 0 Å². The zero-order valence-corrected chi connectivity index (χ0v) is 12.2. The lowest BCUT2D eigenvalue weighted by atomic mass is 10.1. The number of hydrogen-bond donors (Lipinski definition) is 0. The van der Waals surface area contributed by atoms with E-state index in [1.807, 2.05) is 17.9 Å². The first-order valence-electron chi connectivity index (χ1n) is 7.27. The summed E-state index contributed by atoms with van der Waals surface area (Å²) in [5, 5.41) is 4.24. The molecule has 0 aromatic carbocycles. The second-order valence-corrected chi connectivity index (χ2v) is 5.40. The van der Waals surface area contributed by atoms with E-state index in [4.69, 9.17) is 0 Å². The van der Waals surface area contributed by atoms with Crippen molar-refractivity contribution in [2.45, 2.75) is 32.7 Å². The Morgan fingerprint density at radius 3 is 2.80 bits per heavy atom. The van der Waals surface area contributed by atoms with E-state index in [0.29, 0.717) is 0 Å². The molecule has 0 aliphatic carbocycles. The summed E-state index contributed by atoms with van der Waals surface area (Å²) in [6, 6.07) is 0. The number of aryl methyl sites for hydroxylation is 2. The molecule has 0 radical (unpaired) electrons. The second kappa shape index (κ2) is 5.71. The Balaban J connectivity index is 1.72. The standard InChI is InChI=1S/C15H21N5/c1-3-14-13-4-6-20(7-5-15(13)17-11-16-14)10-12-8-18-19(2)9-12/h8-9,11H,3-7,10H2,1-2H3. The molecule has 0 bridgehead atoms. The van der Waals surface area contributed by atoms with Crippen LogP contribution in [-0.2, 0) is 32.9 Å². The number of aromatic nitrogens is 4. The van der Waals surface area contributed by atoms with Crippen LogP contribution in [-0.4, -0.2) is 37.7 Å². The van der Waals surface area contributed by atoms with Gasteiger partial charge in [0.25, 0.3) is 0 Å². The van der Waals surface area contributed by atoms with E-state index in [9.17, 15) is 0 Å². The zero-order chi connectivity index (χ0) is 13.9. The van der Waals surface area contributed by atoms with Gasteiger partial charge in [0.1, 0.15) is 6.33 Å². The van der Waals surface area contributed by atoms with Crippen molar-refractivity contribution in [1.29, 1.82) is 0 Å². The molecule has 0 amide bonds. The van der Waals surface area contributed by atoms with Crippen LogP contribution in [0.5, 0.6) is 0 Å². The number of rotatable bonds is 3. The van der Waals surface area contributed by atoms with E-state index in [2.05, 4.69) is 33.1 Å². The summed E-state index contributed by atoms with van der Waals surface area (Å²) in [5.41, 5.74) is 5.12. The average Bonchev–Trinajstić information content (AvgIpc) is 2.75. The zero-order valence-electron chi connectivity index (χ0n) is 12.2. The predicted molar refractivity (Wildman–Crippen MR) is 77.3 cm³/mol. The Morgan fingerprint density at radius 1 is 1.20 bits per heavy atom. The smallest absolute Gasteiger partial charge is 0.115 e. The van der Waals surface area contributed by atoms with Gasteiger partial charge in [-0.1, -0.05) is 6.92 Å². The first-order chi connectivity index (χ1) is 9.76. The molecule has 0 spiro atoms. The van der Waals surface area contributed by atoms with Gasteiger partial charge < -0.3 is 0 Å². The molecule has 5 heteroatoms. The maximum Gasteiger partial charge on any atom is 0.115 e. The van der Waals surface area contributed by atoms with Gasteiger partial charge in [0, 0.05) is 56.3 Å². The van der Waals surface area contributed by atoms with Gasteiger partial charge in [0.2, 0.25) is 0 Å². The van der Waals surface area contributed by atoms with Crippen molar-refractivity contribution >= 4 is 0 Å². The van der Waals surface area contributed by atoms with Crippen molar-refractivity contribution in [3.63, 3.8) is 0 Å². The first-order valence-corrected chi connectivity index (χ1v) is 7.27. The van der Waals surface area contributed by atoms with Gasteiger partial charge in [0.05, 0.1) is 6.20 Å². The molecule has 1 aliphatic heterocycles. The van der Waals surface area contributed by atoms with Crippen molar-refractivity contribution < 1.29 is 0 Å². The quantitative estimate of drug-likeness (QED) is 0.846. The van der Waals surface area contributed by atoms with E-state index in [1.54, 1.807) is 6.33 Å². The molecular weight excluding hydrogens is 250 g/mol. The minimum absolute atomic E-state index is 0.969. The summed E-state index contributed by atoms with van der Waals surface area (Å²) in [6.07, 6.45) is 8.83.